The average Bonchev–Trinajstić information content (AvgIpc) is 2.99. The summed E-state index contributed by atoms with van der Waals surface area (Å²) in [6, 6.07) is 20.3. The molecule has 1 saturated heterocycles. The Labute approximate surface area is 131 Å². The fourth-order valence-electron chi connectivity index (χ4n) is 2.91. The van der Waals surface area contributed by atoms with Crippen LogP contribution in [0.2, 0.25) is 0 Å². The van der Waals surface area contributed by atoms with Crippen molar-refractivity contribution in [2.45, 2.75) is 26.1 Å². The second-order valence-corrected chi connectivity index (χ2v) is 5.49. The summed E-state index contributed by atoms with van der Waals surface area (Å²) < 4.78 is 0. The highest BCUT2D eigenvalue weighted by Gasteiger charge is 2.33. The molecule has 1 unspecified atom stereocenters. The van der Waals surface area contributed by atoms with Gasteiger partial charge in [-0.25, -0.2) is 5.01 Å². The Balaban J connectivity index is 1.71. The van der Waals surface area contributed by atoms with Crippen LogP contribution in [0, 0.1) is 0 Å². The highest BCUT2D eigenvalue weighted by atomic mass is 16.2. The number of carbonyl (C=O) groups is 1. The summed E-state index contributed by atoms with van der Waals surface area (Å²) in [6.07, 6.45) is 0.958. The van der Waals surface area contributed by atoms with Gasteiger partial charge in [-0.05, 0) is 17.7 Å². The first kappa shape index (κ1) is 14.6. The van der Waals surface area contributed by atoms with E-state index in [1.807, 2.05) is 53.5 Å². The minimum absolute atomic E-state index is 0.0397. The molecule has 114 valence electrons. The third-order valence-electron chi connectivity index (χ3n) is 3.93. The zero-order valence-corrected chi connectivity index (χ0v) is 12.8. The summed E-state index contributed by atoms with van der Waals surface area (Å²) in [5.74, 6) is 0.0620. The van der Waals surface area contributed by atoms with Gasteiger partial charge in [0.05, 0.1) is 5.69 Å². The number of para-hydroxylation sites is 1. The molecule has 0 bridgehead atoms. The normalized spacial score (nSPS) is 17.8. The number of nitrogens with one attached hydrogen (secondary N) is 1. The molecule has 2 aromatic carbocycles. The summed E-state index contributed by atoms with van der Waals surface area (Å²) >= 11 is 0. The van der Waals surface area contributed by atoms with Gasteiger partial charge in [0.2, 0.25) is 5.91 Å². The first-order valence-corrected chi connectivity index (χ1v) is 7.65. The first-order valence-electron chi connectivity index (χ1n) is 7.65. The van der Waals surface area contributed by atoms with E-state index in [0.29, 0.717) is 0 Å². The van der Waals surface area contributed by atoms with E-state index in [0.717, 1.165) is 25.2 Å². The van der Waals surface area contributed by atoms with Crippen molar-refractivity contribution in [1.29, 1.82) is 0 Å². The number of hydrogen-bond donors (Lipinski definition) is 1. The number of hydrazine groups is 1. The summed E-state index contributed by atoms with van der Waals surface area (Å²) in [6.45, 7) is 3.23. The third-order valence-corrected chi connectivity index (χ3v) is 3.93. The van der Waals surface area contributed by atoms with Gasteiger partial charge in [0.15, 0.2) is 0 Å². The Bertz CT molecular complexity index is 615. The van der Waals surface area contributed by atoms with Crippen molar-refractivity contribution in [2.24, 2.45) is 0 Å². The molecular weight excluding hydrogens is 274 g/mol. The fourth-order valence-corrected chi connectivity index (χ4v) is 2.91. The molecule has 1 aliphatic heterocycles. The van der Waals surface area contributed by atoms with Crippen molar-refractivity contribution in [2.75, 3.05) is 11.6 Å². The molecule has 1 aliphatic rings. The minimum atomic E-state index is 0.0397. The monoisotopic (exact) mass is 295 g/mol. The Kier molecular flexibility index (Phi) is 4.39. The molecule has 1 atom stereocenters. The number of nitrogens with zero attached hydrogens (tertiary/aromatic N) is 2. The molecule has 4 heteroatoms. The molecule has 1 amide bonds. The molecule has 0 spiro atoms. The molecular formula is C18H21N3O. The average molecular weight is 295 g/mol. The van der Waals surface area contributed by atoms with Crippen molar-refractivity contribution in [1.82, 2.24) is 10.3 Å². The van der Waals surface area contributed by atoms with Gasteiger partial charge in [-0.15, -0.1) is 0 Å². The largest absolute Gasteiger partial charge is 0.292 e. The summed E-state index contributed by atoms with van der Waals surface area (Å²) in [4.78, 5) is 12.1. The second-order valence-electron chi connectivity index (χ2n) is 5.49. The van der Waals surface area contributed by atoms with E-state index in [1.54, 1.807) is 6.92 Å². The van der Waals surface area contributed by atoms with Crippen LogP contribution >= 0.6 is 0 Å². The maximum atomic E-state index is 12.1. The number of hydrogen-bond acceptors (Lipinski definition) is 3. The number of carbonyl (C=O) groups excluding carboxylic acids is 1. The van der Waals surface area contributed by atoms with E-state index >= 15 is 0 Å². The molecule has 0 aromatic heterocycles. The van der Waals surface area contributed by atoms with E-state index in [4.69, 9.17) is 0 Å². The zero-order valence-electron chi connectivity index (χ0n) is 12.8. The standard InChI is InChI=1S/C18H21N3O/c1-15(22)21-18(19-14-16-8-4-2-5-9-16)12-13-20(21)17-10-6-3-7-11-17/h2-11,18-19H,12-14H2,1H3. The lowest BCUT2D eigenvalue weighted by Gasteiger charge is -2.33. The van der Waals surface area contributed by atoms with Gasteiger partial charge in [0, 0.05) is 26.4 Å². The van der Waals surface area contributed by atoms with Crippen LogP contribution in [0.1, 0.15) is 18.9 Å². The molecule has 3 rings (SSSR count). The first-order chi connectivity index (χ1) is 10.8. The molecule has 0 radical (unpaired) electrons. The molecule has 1 heterocycles. The van der Waals surface area contributed by atoms with Crippen LogP contribution in [0.15, 0.2) is 60.7 Å². The van der Waals surface area contributed by atoms with Crippen molar-refractivity contribution in [3.05, 3.63) is 66.2 Å². The number of rotatable bonds is 4. The van der Waals surface area contributed by atoms with E-state index in [1.165, 1.54) is 5.56 Å². The smallest absolute Gasteiger partial charge is 0.239 e. The Morgan fingerprint density at radius 2 is 1.73 bits per heavy atom. The number of anilines is 1. The predicted octanol–water partition coefficient (Wildman–Crippen LogP) is 2.78. The van der Waals surface area contributed by atoms with Crippen LogP contribution in [-0.2, 0) is 11.3 Å². The second kappa shape index (κ2) is 6.62. The molecule has 0 saturated carbocycles. The van der Waals surface area contributed by atoms with Crippen LogP contribution in [0.4, 0.5) is 5.69 Å². The van der Waals surface area contributed by atoms with Crippen molar-refractivity contribution in [3.8, 4) is 0 Å². The van der Waals surface area contributed by atoms with Crippen LogP contribution in [-0.4, -0.2) is 23.6 Å². The number of benzene rings is 2. The topological polar surface area (TPSA) is 35.6 Å². The lowest BCUT2D eigenvalue weighted by molar-refractivity contribution is -0.130. The van der Waals surface area contributed by atoms with Gasteiger partial charge in [0.1, 0.15) is 6.17 Å². The van der Waals surface area contributed by atoms with Crippen LogP contribution in [0.25, 0.3) is 0 Å². The Morgan fingerprint density at radius 1 is 1.09 bits per heavy atom. The van der Waals surface area contributed by atoms with E-state index < -0.39 is 0 Å². The lowest BCUT2D eigenvalue weighted by atomic mass is 10.2. The molecule has 0 aliphatic carbocycles. The maximum Gasteiger partial charge on any atom is 0.239 e. The molecule has 1 N–H and O–H groups in total. The van der Waals surface area contributed by atoms with Gasteiger partial charge in [-0.2, -0.15) is 0 Å². The maximum absolute atomic E-state index is 12.1. The Hall–Kier alpha value is -2.33. The van der Waals surface area contributed by atoms with Crippen LogP contribution < -0.4 is 10.3 Å². The van der Waals surface area contributed by atoms with E-state index in [2.05, 4.69) is 22.5 Å². The third kappa shape index (κ3) is 3.12. The molecule has 22 heavy (non-hydrogen) atoms. The highest BCUT2D eigenvalue weighted by molar-refractivity contribution is 5.76. The fraction of sp³-hybridized carbons (Fsp3) is 0.278. The van der Waals surface area contributed by atoms with Crippen molar-refractivity contribution in [3.63, 3.8) is 0 Å². The summed E-state index contributed by atoms with van der Waals surface area (Å²) in [7, 11) is 0. The SMILES string of the molecule is CC(=O)N1C(NCc2ccccc2)CCN1c1ccccc1. The summed E-state index contributed by atoms with van der Waals surface area (Å²) in [5, 5.41) is 7.38. The quantitative estimate of drug-likeness (QED) is 0.942. The Morgan fingerprint density at radius 3 is 2.36 bits per heavy atom. The number of amides is 1. The van der Waals surface area contributed by atoms with Gasteiger partial charge in [-0.3, -0.25) is 15.1 Å². The lowest BCUT2D eigenvalue weighted by Crippen LogP contribution is -2.50. The zero-order chi connectivity index (χ0) is 15.4. The van der Waals surface area contributed by atoms with Gasteiger partial charge < -0.3 is 0 Å². The highest BCUT2D eigenvalue weighted by Crippen LogP contribution is 2.24. The predicted molar refractivity (Wildman–Crippen MR) is 88.0 cm³/mol. The van der Waals surface area contributed by atoms with Gasteiger partial charge in [-0.1, -0.05) is 48.5 Å². The summed E-state index contributed by atoms with van der Waals surface area (Å²) in [5.41, 5.74) is 2.28. The van der Waals surface area contributed by atoms with Gasteiger partial charge >= 0.3 is 0 Å². The van der Waals surface area contributed by atoms with Crippen molar-refractivity contribution < 1.29 is 4.79 Å². The minimum Gasteiger partial charge on any atom is -0.292 e. The van der Waals surface area contributed by atoms with Crippen LogP contribution in [0.5, 0.6) is 0 Å². The van der Waals surface area contributed by atoms with Gasteiger partial charge in [0.25, 0.3) is 0 Å². The van der Waals surface area contributed by atoms with Crippen LogP contribution in [0.3, 0.4) is 0 Å². The molecule has 4 nitrogen and oxygen atoms in total. The van der Waals surface area contributed by atoms with E-state index in [9.17, 15) is 4.79 Å². The van der Waals surface area contributed by atoms with Crippen molar-refractivity contribution >= 4 is 11.6 Å². The molecule has 1 fully saturated rings. The molecule has 2 aromatic rings. The van der Waals surface area contributed by atoms with E-state index in [-0.39, 0.29) is 12.1 Å².